The van der Waals surface area contributed by atoms with E-state index in [2.05, 4.69) is 5.32 Å². The van der Waals surface area contributed by atoms with Gasteiger partial charge in [0.2, 0.25) is 0 Å². The normalized spacial score (nSPS) is 16.1. The molecular weight excluding hydrogens is 353 g/mol. The van der Waals surface area contributed by atoms with E-state index in [0.29, 0.717) is 19.0 Å². The van der Waals surface area contributed by atoms with Gasteiger partial charge in [-0.3, -0.25) is 4.79 Å². The van der Waals surface area contributed by atoms with Crippen LogP contribution in [0.2, 0.25) is 0 Å². The molecule has 2 aromatic rings. The van der Waals surface area contributed by atoms with E-state index in [1.165, 1.54) is 6.07 Å². The van der Waals surface area contributed by atoms with Crippen LogP contribution in [0.3, 0.4) is 0 Å². The van der Waals surface area contributed by atoms with Crippen LogP contribution in [-0.2, 0) is 11.3 Å². The zero-order chi connectivity index (χ0) is 19.4. The summed E-state index contributed by atoms with van der Waals surface area (Å²) >= 11 is 0. The first-order valence-electron chi connectivity index (χ1n) is 8.59. The van der Waals surface area contributed by atoms with Crippen molar-refractivity contribution in [1.29, 1.82) is 0 Å². The molecule has 6 nitrogen and oxygen atoms in total. The van der Waals surface area contributed by atoms with E-state index in [1.54, 1.807) is 0 Å². The molecule has 1 amide bonds. The predicted octanol–water partition coefficient (Wildman–Crippen LogP) is 2.93. The number of benzene rings is 2. The highest BCUT2D eigenvalue weighted by Crippen LogP contribution is 2.24. The van der Waals surface area contributed by atoms with Crippen molar-refractivity contribution in [1.82, 2.24) is 5.32 Å². The summed E-state index contributed by atoms with van der Waals surface area (Å²) in [6, 6.07) is 8.84. The van der Waals surface area contributed by atoms with Crippen molar-refractivity contribution in [3.05, 3.63) is 64.5 Å². The summed E-state index contributed by atoms with van der Waals surface area (Å²) in [5.41, 5.74) is 1.37. The lowest BCUT2D eigenvalue weighted by Gasteiger charge is -2.17. The molecule has 0 spiro atoms. The first-order chi connectivity index (χ1) is 12.9. The lowest BCUT2D eigenvalue weighted by atomic mass is 10.1. The fourth-order valence-corrected chi connectivity index (χ4v) is 2.81. The van der Waals surface area contributed by atoms with Crippen LogP contribution in [0, 0.1) is 12.7 Å². The second kappa shape index (κ2) is 8.18. The van der Waals surface area contributed by atoms with Gasteiger partial charge < -0.3 is 19.9 Å². The van der Waals surface area contributed by atoms with Gasteiger partial charge in [0.05, 0.1) is 24.3 Å². The zero-order valence-electron chi connectivity index (χ0n) is 14.8. The molecule has 1 aliphatic rings. The van der Waals surface area contributed by atoms with Crippen molar-refractivity contribution in [2.24, 2.45) is 0 Å². The van der Waals surface area contributed by atoms with Gasteiger partial charge in [0.15, 0.2) is 0 Å². The standard InChI is InChI=1S/C20H20FNO5/c1-12-2-3-14(18(8-12)27-15-6-7-26-11-15)10-22-19(23)16-5-4-13(20(24)25)9-17(16)21/h2-5,8-9,15H,6-7,10-11H2,1H3,(H,22,23)(H,24,25). The second-order valence-corrected chi connectivity index (χ2v) is 6.40. The molecule has 2 N–H and O–H groups in total. The van der Waals surface area contributed by atoms with E-state index in [1.807, 2.05) is 25.1 Å². The molecule has 1 aliphatic heterocycles. The van der Waals surface area contributed by atoms with Crippen molar-refractivity contribution >= 4 is 11.9 Å². The first-order valence-corrected chi connectivity index (χ1v) is 8.59. The summed E-state index contributed by atoms with van der Waals surface area (Å²) < 4.78 is 25.3. The molecule has 0 bridgehead atoms. The van der Waals surface area contributed by atoms with Gasteiger partial charge in [0.1, 0.15) is 17.7 Å². The van der Waals surface area contributed by atoms with Crippen molar-refractivity contribution in [2.75, 3.05) is 13.2 Å². The average Bonchev–Trinajstić information content (AvgIpc) is 3.13. The lowest BCUT2D eigenvalue weighted by molar-refractivity contribution is 0.0695. The maximum absolute atomic E-state index is 14.0. The summed E-state index contributed by atoms with van der Waals surface area (Å²) in [5.74, 6) is -2.10. The van der Waals surface area contributed by atoms with Crippen LogP contribution in [0.5, 0.6) is 5.75 Å². The average molecular weight is 373 g/mol. The highest BCUT2D eigenvalue weighted by atomic mass is 19.1. The van der Waals surface area contributed by atoms with Crippen molar-refractivity contribution in [2.45, 2.75) is 26.0 Å². The third kappa shape index (κ3) is 4.62. The molecule has 1 saturated heterocycles. The molecule has 0 saturated carbocycles. The van der Waals surface area contributed by atoms with Gasteiger partial charge >= 0.3 is 5.97 Å². The fourth-order valence-electron chi connectivity index (χ4n) is 2.81. The maximum atomic E-state index is 14.0. The van der Waals surface area contributed by atoms with E-state index < -0.39 is 17.7 Å². The predicted molar refractivity (Wildman–Crippen MR) is 95.6 cm³/mol. The van der Waals surface area contributed by atoms with Crippen LogP contribution in [0.25, 0.3) is 0 Å². The molecule has 1 fully saturated rings. The van der Waals surface area contributed by atoms with E-state index in [0.717, 1.165) is 29.7 Å². The number of nitrogens with one attached hydrogen (secondary N) is 1. The summed E-state index contributed by atoms with van der Waals surface area (Å²) in [6.07, 6.45) is 0.781. The summed E-state index contributed by atoms with van der Waals surface area (Å²) in [5, 5.41) is 11.5. The van der Waals surface area contributed by atoms with Crippen LogP contribution in [0.15, 0.2) is 36.4 Å². The van der Waals surface area contributed by atoms with Gasteiger partial charge in [-0.1, -0.05) is 12.1 Å². The first kappa shape index (κ1) is 18.8. The van der Waals surface area contributed by atoms with Gasteiger partial charge in [-0.15, -0.1) is 0 Å². The Morgan fingerprint density at radius 2 is 2.11 bits per heavy atom. The number of aryl methyl sites for hydroxylation is 1. The topological polar surface area (TPSA) is 84.9 Å². The molecule has 1 atom stereocenters. The molecule has 0 aliphatic carbocycles. The van der Waals surface area contributed by atoms with Crippen LogP contribution in [0.1, 0.15) is 38.3 Å². The number of hydrogen-bond donors (Lipinski definition) is 2. The van der Waals surface area contributed by atoms with Crippen molar-refractivity contribution in [3.8, 4) is 5.75 Å². The van der Waals surface area contributed by atoms with Gasteiger partial charge in [-0.2, -0.15) is 0 Å². The summed E-state index contributed by atoms with van der Waals surface area (Å²) in [6.45, 7) is 3.29. The monoisotopic (exact) mass is 373 g/mol. The fraction of sp³-hybridized carbons (Fsp3) is 0.300. The number of amides is 1. The van der Waals surface area contributed by atoms with Gasteiger partial charge in [0, 0.05) is 18.5 Å². The van der Waals surface area contributed by atoms with E-state index in [4.69, 9.17) is 14.6 Å². The van der Waals surface area contributed by atoms with Gasteiger partial charge in [0.25, 0.3) is 5.91 Å². The Kier molecular flexibility index (Phi) is 5.71. The number of ether oxygens (including phenoxy) is 2. The minimum Gasteiger partial charge on any atom is -0.488 e. The maximum Gasteiger partial charge on any atom is 0.335 e. The van der Waals surface area contributed by atoms with E-state index in [-0.39, 0.29) is 23.8 Å². The van der Waals surface area contributed by atoms with Crippen LogP contribution >= 0.6 is 0 Å². The highest BCUT2D eigenvalue weighted by Gasteiger charge is 2.19. The Balaban J connectivity index is 1.70. The minimum absolute atomic E-state index is 0.0257. The largest absolute Gasteiger partial charge is 0.488 e. The Labute approximate surface area is 155 Å². The quantitative estimate of drug-likeness (QED) is 0.813. The minimum atomic E-state index is -1.25. The molecule has 2 aromatic carbocycles. The number of aromatic carboxylic acids is 1. The SMILES string of the molecule is Cc1ccc(CNC(=O)c2ccc(C(=O)O)cc2F)c(OC2CCOC2)c1. The molecular formula is C20H20FNO5. The third-order valence-corrected chi connectivity index (χ3v) is 4.30. The lowest BCUT2D eigenvalue weighted by Crippen LogP contribution is -2.25. The van der Waals surface area contributed by atoms with Gasteiger partial charge in [-0.25, -0.2) is 9.18 Å². The van der Waals surface area contributed by atoms with Crippen LogP contribution < -0.4 is 10.1 Å². The molecule has 0 aromatic heterocycles. The van der Waals surface area contributed by atoms with Gasteiger partial charge in [-0.05, 0) is 36.8 Å². The molecule has 0 radical (unpaired) electrons. The Hall–Kier alpha value is -2.93. The molecule has 27 heavy (non-hydrogen) atoms. The van der Waals surface area contributed by atoms with Crippen LogP contribution in [-0.4, -0.2) is 36.3 Å². The highest BCUT2D eigenvalue weighted by molar-refractivity contribution is 5.96. The number of hydrogen-bond acceptors (Lipinski definition) is 4. The number of halogens is 1. The molecule has 1 unspecified atom stereocenters. The Morgan fingerprint density at radius 3 is 2.78 bits per heavy atom. The molecule has 3 rings (SSSR count). The molecule has 1 heterocycles. The number of rotatable bonds is 6. The Bertz CT molecular complexity index is 861. The number of carbonyl (C=O) groups is 2. The molecule has 7 heteroatoms. The zero-order valence-corrected chi connectivity index (χ0v) is 14.8. The van der Waals surface area contributed by atoms with Crippen molar-refractivity contribution < 1.29 is 28.6 Å². The van der Waals surface area contributed by atoms with E-state index >= 15 is 0 Å². The van der Waals surface area contributed by atoms with Crippen molar-refractivity contribution in [3.63, 3.8) is 0 Å². The number of carboxylic acids is 1. The number of carbonyl (C=O) groups excluding carboxylic acids is 1. The van der Waals surface area contributed by atoms with E-state index in [9.17, 15) is 14.0 Å². The Morgan fingerprint density at radius 1 is 1.30 bits per heavy atom. The third-order valence-electron chi connectivity index (χ3n) is 4.30. The molecule has 142 valence electrons. The van der Waals surface area contributed by atoms with Crippen LogP contribution in [0.4, 0.5) is 4.39 Å². The second-order valence-electron chi connectivity index (χ2n) is 6.40. The number of carboxylic acid groups (broad SMARTS) is 1. The summed E-state index contributed by atoms with van der Waals surface area (Å²) in [4.78, 5) is 23.1. The summed E-state index contributed by atoms with van der Waals surface area (Å²) in [7, 11) is 0. The smallest absolute Gasteiger partial charge is 0.335 e.